The molecule has 0 aliphatic rings. The summed E-state index contributed by atoms with van der Waals surface area (Å²) in [5.74, 6) is -1.63. The molecule has 1 heterocycles. The van der Waals surface area contributed by atoms with Crippen LogP contribution in [0.5, 0.6) is 0 Å². The summed E-state index contributed by atoms with van der Waals surface area (Å²) >= 11 is 9.03. The molecule has 1 aromatic carbocycles. The molecule has 1 aromatic heterocycles. The first-order chi connectivity index (χ1) is 8.99. The summed E-state index contributed by atoms with van der Waals surface area (Å²) < 4.78 is 13.4. The molecule has 0 fully saturated rings. The molecule has 0 atom stereocenters. The zero-order valence-electron chi connectivity index (χ0n) is 9.19. The lowest BCUT2D eigenvalue weighted by atomic mass is 10.2. The summed E-state index contributed by atoms with van der Waals surface area (Å²) in [6.45, 7) is 0. The predicted molar refractivity (Wildman–Crippen MR) is 71.4 cm³/mol. The molecule has 0 radical (unpaired) electrons. The molecule has 98 valence electrons. The highest BCUT2D eigenvalue weighted by molar-refractivity contribution is 9.10. The Balaban J connectivity index is 2.45. The molecular formula is C11H6BrClFN3O2. The van der Waals surface area contributed by atoms with Gasteiger partial charge in [0.05, 0.1) is 10.7 Å². The van der Waals surface area contributed by atoms with Gasteiger partial charge in [-0.05, 0) is 28.1 Å². The number of aromatic carboxylic acids is 1. The fraction of sp³-hybridized carbons (Fsp3) is 0. The third-order valence-electron chi connectivity index (χ3n) is 2.19. The van der Waals surface area contributed by atoms with Crippen molar-refractivity contribution >= 4 is 45.0 Å². The van der Waals surface area contributed by atoms with Crippen molar-refractivity contribution in [3.63, 3.8) is 0 Å². The summed E-state index contributed by atoms with van der Waals surface area (Å²) in [5.41, 5.74) is 0.207. The molecule has 0 unspecified atom stereocenters. The van der Waals surface area contributed by atoms with Crippen LogP contribution in [0.3, 0.4) is 0 Å². The van der Waals surface area contributed by atoms with Crippen LogP contribution < -0.4 is 5.32 Å². The summed E-state index contributed by atoms with van der Waals surface area (Å²) in [5, 5.41) is 11.8. The van der Waals surface area contributed by atoms with Crippen molar-refractivity contribution < 1.29 is 14.3 Å². The maximum atomic E-state index is 13.1. The second kappa shape index (κ2) is 5.50. The number of hydrogen-bond donors (Lipinski definition) is 2. The van der Waals surface area contributed by atoms with Crippen molar-refractivity contribution in [1.82, 2.24) is 9.97 Å². The van der Waals surface area contributed by atoms with E-state index in [2.05, 4.69) is 31.2 Å². The molecule has 2 N–H and O–H groups in total. The van der Waals surface area contributed by atoms with E-state index in [-0.39, 0.29) is 16.4 Å². The van der Waals surface area contributed by atoms with E-state index in [0.29, 0.717) is 10.2 Å². The van der Waals surface area contributed by atoms with Crippen molar-refractivity contribution in [1.29, 1.82) is 0 Å². The molecule has 0 saturated heterocycles. The third-order valence-corrected chi connectivity index (χ3v) is 3.12. The van der Waals surface area contributed by atoms with Crippen molar-refractivity contribution in [2.24, 2.45) is 0 Å². The summed E-state index contributed by atoms with van der Waals surface area (Å²) in [6.07, 6.45) is 2.35. The zero-order valence-corrected chi connectivity index (χ0v) is 11.5. The Morgan fingerprint density at radius 2 is 2.21 bits per heavy atom. The number of benzene rings is 1. The second-order valence-electron chi connectivity index (χ2n) is 3.46. The van der Waals surface area contributed by atoms with E-state index < -0.39 is 11.8 Å². The highest BCUT2D eigenvalue weighted by Gasteiger charge is 2.15. The number of anilines is 2. The number of carbonyl (C=O) groups is 1. The number of rotatable bonds is 3. The van der Waals surface area contributed by atoms with E-state index in [9.17, 15) is 9.18 Å². The quantitative estimate of drug-likeness (QED) is 0.890. The van der Waals surface area contributed by atoms with Crippen LogP contribution in [0.2, 0.25) is 5.02 Å². The van der Waals surface area contributed by atoms with E-state index in [4.69, 9.17) is 16.7 Å². The van der Waals surface area contributed by atoms with Gasteiger partial charge in [-0.2, -0.15) is 0 Å². The normalized spacial score (nSPS) is 10.3. The van der Waals surface area contributed by atoms with Crippen molar-refractivity contribution in [2.45, 2.75) is 0 Å². The first-order valence-electron chi connectivity index (χ1n) is 4.94. The molecule has 2 aromatic rings. The predicted octanol–water partition coefficient (Wildman–Crippen LogP) is 3.47. The Bertz CT molecular complexity index is 631. The molecule has 0 aliphatic heterocycles. The minimum Gasteiger partial charge on any atom is -0.477 e. The molecule has 0 amide bonds. The van der Waals surface area contributed by atoms with E-state index in [1.165, 1.54) is 12.4 Å². The zero-order chi connectivity index (χ0) is 14.0. The number of nitrogens with one attached hydrogen (secondary N) is 1. The molecule has 0 spiro atoms. The monoisotopic (exact) mass is 345 g/mol. The third kappa shape index (κ3) is 2.99. The fourth-order valence-corrected chi connectivity index (χ4v) is 2.26. The average Bonchev–Trinajstić information content (AvgIpc) is 2.34. The van der Waals surface area contributed by atoms with Gasteiger partial charge < -0.3 is 10.4 Å². The van der Waals surface area contributed by atoms with Crippen LogP contribution >= 0.6 is 27.5 Å². The Labute approximate surface area is 120 Å². The van der Waals surface area contributed by atoms with E-state index in [1.54, 1.807) is 0 Å². The smallest absolute Gasteiger partial charge is 0.341 e. The van der Waals surface area contributed by atoms with Gasteiger partial charge in [0.2, 0.25) is 0 Å². The lowest BCUT2D eigenvalue weighted by Gasteiger charge is -2.11. The molecule has 2 rings (SSSR count). The maximum Gasteiger partial charge on any atom is 0.341 e. The van der Waals surface area contributed by atoms with Crippen molar-refractivity contribution in [3.8, 4) is 0 Å². The van der Waals surface area contributed by atoms with Gasteiger partial charge in [-0.25, -0.2) is 19.2 Å². The Morgan fingerprint density at radius 3 is 2.84 bits per heavy atom. The van der Waals surface area contributed by atoms with Crippen molar-refractivity contribution in [3.05, 3.63) is 45.5 Å². The van der Waals surface area contributed by atoms with Gasteiger partial charge >= 0.3 is 5.97 Å². The van der Waals surface area contributed by atoms with Crippen LogP contribution in [0.25, 0.3) is 0 Å². The maximum absolute atomic E-state index is 13.1. The lowest BCUT2D eigenvalue weighted by Crippen LogP contribution is -2.06. The minimum atomic E-state index is -1.18. The first-order valence-corrected chi connectivity index (χ1v) is 6.11. The summed E-state index contributed by atoms with van der Waals surface area (Å²) in [4.78, 5) is 18.5. The molecular weight excluding hydrogens is 340 g/mol. The van der Waals surface area contributed by atoms with Gasteiger partial charge in [0.15, 0.2) is 0 Å². The minimum absolute atomic E-state index is 0.0664. The highest BCUT2D eigenvalue weighted by Crippen LogP contribution is 2.34. The van der Waals surface area contributed by atoms with E-state index in [0.717, 1.165) is 12.3 Å². The number of carboxylic acid groups (broad SMARTS) is 1. The van der Waals surface area contributed by atoms with Gasteiger partial charge in [-0.1, -0.05) is 11.6 Å². The van der Waals surface area contributed by atoms with Gasteiger partial charge in [-0.3, -0.25) is 0 Å². The van der Waals surface area contributed by atoms with E-state index >= 15 is 0 Å². The standard InChI is InChI=1S/C11H6BrClFN3O2/c12-7-1-5(14)2-8(13)9(7)17-10-6(11(18)19)3-15-4-16-10/h1-4H,(H,18,19)(H,15,16,17). The Kier molecular flexibility index (Phi) is 3.96. The number of carboxylic acids is 1. The number of nitrogens with zero attached hydrogens (tertiary/aromatic N) is 2. The van der Waals surface area contributed by atoms with Crippen LogP contribution in [0.15, 0.2) is 29.1 Å². The molecule has 0 saturated carbocycles. The SMILES string of the molecule is O=C(O)c1cncnc1Nc1c(Cl)cc(F)cc1Br. The summed E-state index contributed by atoms with van der Waals surface area (Å²) in [7, 11) is 0. The lowest BCUT2D eigenvalue weighted by molar-refractivity contribution is 0.0697. The van der Waals surface area contributed by atoms with Crippen LogP contribution in [0, 0.1) is 5.82 Å². The van der Waals surface area contributed by atoms with Gasteiger partial charge in [-0.15, -0.1) is 0 Å². The highest BCUT2D eigenvalue weighted by atomic mass is 79.9. The topological polar surface area (TPSA) is 75.1 Å². The summed E-state index contributed by atoms with van der Waals surface area (Å²) in [6, 6.07) is 2.31. The fourth-order valence-electron chi connectivity index (χ4n) is 1.37. The van der Waals surface area contributed by atoms with Crippen LogP contribution in [0.1, 0.15) is 10.4 Å². The second-order valence-corrected chi connectivity index (χ2v) is 4.72. The number of halogens is 3. The molecule has 19 heavy (non-hydrogen) atoms. The number of aromatic nitrogens is 2. The first kappa shape index (κ1) is 13.7. The molecule has 5 nitrogen and oxygen atoms in total. The van der Waals surface area contributed by atoms with Gasteiger partial charge in [0.1, 0.15) is 23.5 Å². The van der Waals surface area contributed by atoms with Crippen LogP contribution in [0.4, 0.5) is 15.9 Å². The van der Waals surface area contributed by atoms with Crippen molar-refractivity contribution in [2.75, 3.05) is 5.32 Å². The van der Waals surface area contributed by atoms with Crippen LogP contribution in [-0.4, -0.2) is 21.0 Å². The molecule has 0 bridgehead atoms. The van der Waals surface area contributed by atoms with E-state index in [1.807, 2.05) is 0 Å². The Morgan fingerprint density at radius 1 is 1.47 bits per heavy atom. The van der Waals surface area contributed by atoms with Crippen LogP contribution in [-0.2, 0) is 0 Å². The largest absolute Gasteiger partial charge is 0.477 e. The van der Waals surface area contributed by atoms with Gasteiger partial charge in [0, 0.05) is 10.7 Å². The average molecular weight is 347 g/mol. The molecule has 0 aliphatic carbocycles. The van der Waals surface area contributed by atoms with Gasteiger partial charge in [0.25, 0.3) is 0 Å². The Hall–Kier alpha value is -1.73. The number of hydrogen-bond acceptors (Lipinski definition) is 4. The molecule has 8 heteroatoms.